The second-order valence-electron chi connectivity index (χ2n) is 7.40. The molecule has 7 nitrogen and oxygen atoms in total. The van der Waals surface area contributed by atoms with Crippen LogP contribution in [-0.2, 0) is 22.3 Å². The number of aryl methyl sites for hydroxylation is 1. The zero-order valence-electron chi connectivity index (χ0n) is 17.8. The summed E-state index contributed by atoms with van der Waals surface area (Å²) in [6.07, 6.45) is 1.06. The van der Waals surface area contributed by atoms with Crippen molar-refractivity contribution in [3.63, 3.8) is 0 Å². The van der Waals surface area contributed by atoms with Crippen LogP contribution in [0, 0.1) is 18.6 Å². The Morgan fingerprint density at radius 1 is 1.15 bits per heavy atom. The van der Waals surface area contributed by atoms with E-state index < -0.39 is 56.9 Å². The Morgan fingerprint density at radius 3 is 2.38 bits per heavy atom. The fourth-order valence-corrected chi connectivity index (χ4v) is 4.22. The van der Waals surface area contributed by atoms with Gasteiger partial charge in [-0.25, -0.2) is 18.8 Å². The first-order valence-corrected chi connectivity index (χ1v) is 10.9. The Hall–Kier alpha value is -3.35. The van der Waals surface area contributed by atoms with E-state index in [9.17, 15) is 18.1 Å². The summed E-state index contributed by atoms with van der Waals surface area (Å²) in [4.78, 5) is 3.78. The number of hydrogen-bond acceptors (Lipinski definition) is 6. The number of halogens is 4. The standard InChI is InChI=1S/C22H21F4N5O2S/c1-14-5-8-16(9-6-14)34(33)20(30-27)31(28)13-21(32,17-10-7-15(23)12-18(17)24)22(25,26)19-4-2-3-11-29-19/h2-12,32H,13,27-28H2,1H3/b30-20+. The summed E-state index contributed by atoms with van der Waals surface area (Å²) in [5.41, 5.74) is -4.40. The van der Waals surface area contributed by atoms with E-state index in [1.54, 1.807) is 19.1 Å². The monoisotopic (exact) mass is 495 g/mol. The first-order valence-electron chi connectivity index (χ1n) is 9.77. The van der Waals surface area contributed by atoms with Crippen molar-refractivity contribution in [2.75, 3.05) is 6.54 Å². The number of nitrogens with zero attached hydrogens (tertiary/aromatic N) is 3. The van der Waals surface area contributed by atoms with E-state index in [1.165, 1.54) is 24.3 Å². The summed E-state index contributed by atoms with van der Waals surface area (Å²) in [5, 5.41) is 14.5. The molecule has 1 aromatic heterocycles. The summed E-state index contributed by atoms with van der Waals surface area (Å²) >= 11 is 0. The number of aromatic nitrogens is 1. The van der Waals surface area contributed by atoms with Crippen LogP contribution in [0.3, 0.4) is 0 Å². The highest BCUT2D eigenvalue weighted by Gasteiger charge is 2.58. The Labute approximate surface area is 195 Å². The van der Waals surface area contributed by atoms with E-state index in [2.05, 4.69) is 10.1 Å². The van der Waals surface area contributed by atoms with Crippen LogP contribution in [0.4, 0.5) is 17.6 Å². The number of alkyl halides is 2. The highest BCUT2D eigenvalue weighted by atomic mass is 32.2. The Kier molecular flexibility index (Phi) is 7.34. The lowest BCUT2D eigenvalue weighted by molar-refractivity contribution is -0.204. The number of aliphatic hydroxyl groups is 1. The lowest BCUT2D eigenvalue weighted by Crippen LogP contribution is -2.56. The quantitative estimate of drug-likeness (QED) is 0.159. The Morgan fingerprint density at radius 2 is 1.82 bits per heavy atom. The van der Waals surface area contributed by atoms with Gasteiger partial charge in [0.25, 0.3) is 0 Å². The van der Waals surface area contributed by atoms with Crippen LogP contribution in [0.2, 0.25) is 0 Å². The zero-order chi connectivity index (χ0) is 25.1. The minimum atomic E-state index is -4.24. The molecule has 0 saturated heterocycles. The van der Waals surface area contributed by atoms with E-state index in [4.69, 9.17) is 11.7 Å². The number of hydrazone groups is 1. The van der Waals surface area contributed by atoms with Crippen molar-refractivity contribution in [1.82, 2.24) is 9.99 Å². The fourth-order valence-electron chi connectivity index (χ4n) is 3.25. The summed E-state index contributed by atoms with van der Waals surface area (Å²) in [6.45, 7) is 0.573. The summed E-state index contributed by atoms with van der Waals surface area (Å²) in [6, 6.07) is 11.6. The Balaban J connectivity index is 2.08. The SMILES string of the molecule is Cc1ccc(S(=O)/C(=N/N)N(N)CC(O)(c2ccc(F)cc2F)C(F)(F)c2ccccn2)cc1. The van der Waals surface area contributed by atoms with Crippen LogP contribution in [0.15, 0.2) is 76.9 Å². The molecule has 1 heterocycles. The van der Waals surface area contributed by atoms with Gasteiger partial charge in [-0.15, -0.1) is 0 Å². The van der Waals surface area contributed by atoms with E-state index in [0.29, 0.717) is 23.2 Å². The topological polar surface area (TPSA) is 118 Å². The molecule has 0 radical (unpaired) electrons. The minimum Gasteiger partial charge on any atom is -0.377 e. The van der Waals surface area contributed by atoms with Crippen LogP contribution in [0.5, 0.6) is 0 Å². The molecule has 180 valence electrons. The number of hydrazine groups is 1. The second-order valence-corrected chi connectivity index (χ2v) is 8.77. The maximum absolute atomic E-state index is 15.7. The van der Waals surface area contributed by atoms with Crippen molar-refractivity contribution < 1.29 is 26.9 Å². The van der Waals surface area contributed by atoms with Gasteiger partial charge in [-0.1, -0.05) is 23.8 Å². The molecule has 2 atom stereocenters. The molecule has 0 bridgehead atoms. The average molecular weight is 496 g/mol. The van der Waals surface area contributed by atoms with E-state index >= 15 is 8.78 Å². The van der Waals surface area contributed by atoms with Crippen molar-refractivity contribution in [1.29, 1.82) is 0 Å². The number of pyridine rings is 1. The van der Waals surface area contributed by atoms with Gasteiger partial charge in [-0.3, -0.25) is 9.99 Å². The lowest BCUT2D eigenvalue weighted by atomic mass is 9.84. The molecule has 0 fully saturated rings. The summed E-state index contributed by atoms with van der Waals surface area (Å²) < 4.78 is 72.4. The molecular formula is C22H21F4N5O2S. The summed E-state index contributed by atoms with van der Waals surface area (Å²) in [5.74, 6) is 4.50. The molecule has 5 N–H and O–H groups in total. The molecule has 34 heavy (non-hydrogen) atoms. The molecular weight excluding hydrogens is 474 g/mol. The normalized spacial score (nSPS) is 15.0. The van der Waals surface area contributed by atoms with Gasteiger partial charge in [-0.2, -0.15) is 13.9 Å². The molecule has 2 aromatic carbocycles. The number of nitrogens with two attached hydrogens (primary N) is 2. The van der Waals surface area contributed by atoms with Gasteiger partial charge >= 0.3 is 5.92 Å². The van der Waals surface area contributed by atoms with Crippen molar-refractivity contribution in [2.24, 2.45) is 16.8 Å². The fraction of sp³-hybridized carbons (Fsp3) is 0.182. The predicted molar refractivity (Wildman–Crippen MR) is 118 cm³/mol. The first-order chi connectivity index (χ1) is 16.0. The van der Waals surface area contributed by atoms with E-state index in [-0.39, 0.29) is 4.90 Å². The van der Waals surface area contributed by atoms with Gasteiger partial charge in [0.05, 0.1) is 6.54 Å². The second kappa shape index (κ2) is 9.87. The van der Waals surface area contributed by atoms with Crippen molar-refractivity contribution in [3.8, 4) is 0 Å². The first kappa shape index (κ1) is 25.3. The molecule has 0 amide bonds. The number of hydrogen-bond donors (Lipinski definition) is 3. The lowest BCUT2D eigenvalue weighted by Gasteiger charge is -2.38. The van der Waals surface area contributed by atoms with Crippen LogP contribution in [0.1, 0.15) is 16.8 Å². The number of amidine groups is 1. The van der Waals surface area contributed by atoms with E-state index in [1.807, 2.05) is 0 Å². The third kappa shape index (κ3) is 4.79. The average Bonchev–Trinajstić information content (AvgIpc) is 2.80. The highest BCUT2D eigenvalue weighted by Crippen LogP contribution is 2.46. The third-order valence-corrected chi connectivity index (χ3v) is 6.41. The van der Waals surface area contributed by atoms with Crippen LogP contribution < -0.4 is 11.7 Å². The van der Waals surface area contributed by atoms with Crippen LogP contribution >= 0.6 is 0 Å². The van der Waals surface area contributed by atoms with Crippen molar-refractivity contribution >= 4 is 16.0 Å². The van der Waals surface area contributed by atoms with Gasteiger partial charge in [0.1, 0.15) is 28.1 Å². The van der Waals surface area contributed by atoms with Gasteiger partial charge < -0.3 is 10.9 Å². The molecule has 3 aromatic rings. The number of benzene rings is 2. The maximum Gasteiger partial charge on any atom is 0.323 e. The van der Waals surface area contributed by atoms with Crippen molar-refractivity contribution in [3.05, 3.63) is 95.3 Å². The van der Waals surface area contributed by atoms with Gasteiger partial charge in [0, 0.05) is 22.7 Å². The zero-order valence-corrected chi connectivity index (χ0v) is 18.6. The molecule has 0 spiro atoms. The van der Waals surface area contributed by atoms with Crippen LogP contribution in [0.25, 0.3) is 0 Å². The predicted octanol–water partition coefficient (Wildman–Crippen LogP) is 2.86. The minimum absolute atomic E-state index is 0.207. The van der Waals surface area contributed by atoms with Crippen LogP contribution in [-0.4, -0.2) is 31.0 Å². The van der Waals surface area contributed by atoms with Gasteiger partial charge in [-0.05, 0) is 43.3 Å². The smallest absolute Gasteiger partial charge is 0.323 e. The van der Waals surface area contributed by atoms with Gasteiger partial charge in [0.2, 0.25) is 5.17 Å². The molecule has 0 aliphatic rings. The van der Waals surface area contributed by atoms with Gasteiger partial charge in [0.15, 0.2) is 5.60 Å². The molecule has 0 aliphatic carbocycles. The van der Waals surface area contributed by atoms with E-state index in [0.717, 1.165) is 17.8 Å². The highest BCUT2D eigenvalue weighted by molar-refractivity contribution is 8.00. The molecule has 0 saturated carbocycles. The molecule has 12 heteroatoms. The molecule has 3 rings (SSSR count). The van der Waals surface area contributed by atoms with Crippen molar-refractivity contribution in [2.45, 2.75) is 23.3 Å². The molecule has 0 aliphatic heterocycles. The maximum atomic E-state index is 15.7. The largest absolute Gasteiger partial charge is 0.377 e. The molecule has 2 unspecified atom stereocenters. The Bertz CT molecular complexity index is 1210. The summed E-state index contributed by atoms with van der Waals surface area (Å²) in [7, 11) is -2.13. The number of rotatable bonds is 6. The third-order valence-electron chi connectivity index (χ3n) is 5.04.